The summed E-state index contributed by atoms with van der Waals surface area (Å²) in [5.74, 6) is -1.04. The van der Waals surface area contributed by atoms with E-state index in [1.165, 1.54) is 18.2 Å². The number of carboxylic acid groups (broad SMARTS) is 1. The molecule has 30 heavy (non-hydrogen) atoms. The van der Waals surface area contributed by atoms with Crippen LogP contribution < -0.4 is 5.48 Å². The molecular formula is C21H24F3NO5. The van der Waals surface area contributed by atoms with Gasteiger partial charge in [-0.25, -0.2) is 0 Å². The van der Waals surface area contributed by atoms with Gasteiger partial charge < -0.3 is 15.3 Å². The van der Waals surface area contributed by atoms with E-state index in [0.29, 0.717) is 19.3 Å². The summed E-state index contributed by atoms with van der Waals surface area (Å²) in [6.45, 7) is 0.253. The second-order valence-corrected chi connectivity index (χ2v) is 7.56. The highest BCUT2D eigenvalue weighted by molar-refractivity contribution is 5.66. The summed E-state index contributed by atoms with van der Waals surface area (Å²) in [7, 11) is 0. The molecule has 2 aliphatic carbocycles. The van der Waals surface area contributed by atoms with Gasteiger partial charge in [-0.3, -0.25) is 15.1 Å². The van der Waals surface area contributed by atoms with Crippen molar-refractivity contribution < 1.29 is 38.1 Å². The monoisotopic (exact) mass is 427 g/mol. The van der Waals surface area contributed by atoms with Gasteiger partial charge in [-0.05, 0) is 48.4 Å². The van der Waals surface area contributed by atoms with Crippen LogP contribution in [0.3, 0.4) is 0 Å². The quantitative estimate of drug-likeness (QED) is 0.274. The zero-order chi connectivity index (χ0) is 21.9. The maximum absolute atomic E-state index is 12.8. The molecule has 0 aromatic heterocycles. The summed E-state index contributed by atoms with van der Waals surface area (Å²) in [5, 5.41) is 29.2. The van der Waals surface area contributed by atoms with Crippen LogP contribution in [0.2, 0.25) is 0 Å². The number of hydrogen-bond donors (Lipinski definition) is 4. The molecule has 1 saturated carbocycles. The van der Waals surface area contributed by atoms with Crippen LogP contribution in [0.25, 0.3) is 0 Å². The van der Waals surface area contributed by atoms with Crippen molar-refractivity contribution in [3.8, 4) is 0 Å². The van der Waals surface area contributed by atoms with Crippen LogP contribution in [-0.4, -0.2) is 34.0 Å². The molecule has 4 atom stereocenters. The van der Waals surface area contributed by atoms with Crippen LogP contribution in [0.15, 0.2) is 47.7 Å². The first kappa shape index (κ1) is 22.3. The molecule has 2 aliphatic rings. The van der Waals surface area contributed by atoms with E-state index in [1.54, 1.807) is 6.08 Å². The third-order valence-corrected chi connectivity index (χ3v) is 5.50. The number of carboxylic acids is 1. The number of hydroxylamine groups is 1. The molecule has 6 nitrogen and oxygen atoms in total. The molecule has 1 aromatic carbocycles. The highest BCUT2D eigenvalue weighted by Crippen LogP contribution is 2.49. The Morgan fingerprint density at radius 3 is 2.80 bits per heavy atom. The van der Waals surface area contributed by atoms with Gasteiger partial charge in [-0.1, -0.05) is 24.3 Å². The lowest BCUT2D eigenvalue weighted by Crippen LogP contribution is -2.29. The Labute approximate surface area is 171 Å². The molecule has 164 valence electrons. The van der Waals surface area contributed by atoms with Crippen molar-refractivity contribution in [1.29, 1.82) is 0 Å². The first-order valence-electron chi connectivity index (χ1n) is 9.70. The fourth-order valence-electron chi connectivity index (χ4n) is 3.89. The van der Waals surface area contributed by atoms with Gasteiger partial charge in [0.2, 0.25) is 0 Å². The van der Waals surface area contributed by atoms with Crippen LogP contribution in [-0.2, 0) is 15.8 Å². The van der Waals surface area contributed by atoms with Crippen molar-refractivity contribution in [1.82, 2.24) is 5.48 Å². The topological polar surface area (TPSA) is 99.0 Å². The van der Waals surface area contributed by atoms with Crippen LogP contribution in [0.5, 0.6) is 0 Å². The molecule has 1 aromatic rings. The van der Waals surface area contributed by atoms with Crippen LogP contribution in [0.4, 0.5) is 13.2 Å². The van der Waals surface area contributed by atoms with Crippen molar-refractivity contribution in [3.05, 3.63) is 58.8 Å². The van der Waals surface area contributed by atoms with Crippen molar-refractivity contribution in [2.24, 2.45) is 11.8 Å². The predicted octanol–water partition coefficient (Wildman–Crippen LogP) is 3.34. The summed E-state index contributed by atoms with van der Waals surface area (Å²) in [5.41, 5.74) is 4.01. The fraction of sp³-hybridized carbons (Fsp3) is 0.476. The summed E-state index contributed by atoms with van der Waals surface area (Å²) in [4.78, 5) is 15.7. The standard InChI is InChI=1S/C21H24F3NO5/c22-21(23,24)13-4-1-3-12(9-13)18(26)7-6-14-15-10-17(16(15)11-19(14)27)25-30-8-2-5-20(28)29/h1,3-4,6-7,9,14-15,18-19,25-27H,2,5,8,10-11H2,(H,28,29)/t14?,15-,18?,19?/m0/s1. The van der Waals surface area contributed by atoms with Gasteiger partial charge in [0.25, 0.3) is 0 Å². The Morgan fingerprint density at radius 1 is 1.33 bits per heavy atom. The molecule has 9 heteroatoms. The molecular weight excluding hydrogens is 403 g/mol. The molecule has 0 saturated heterocycles. The predicted molar refractivity (Wildman–Crippen MR) is 101 cm³/mol. The Balaban J connectivity index is 1.56. The van der Waals surface area contributed by atoms with E-state index in [4.69, 9.17) is 9.94 Å². The van der Waals surface area contributed by atoms with Gasteiger partial charge in [0.05, 0.1) is 24.4 Å². The molecule has 0 spiro atoms. The second-order valence-electron chi connectivity index (χ2n) is 7.56. The van der Waals surface area contributed by atoms with E-state index in [9.17, 15) is 28.2 Å². The number of nitrogens with one attached hydrogen (secondary N) is 1. The van der Waals surface area contributed by atoms with Crippen molar-refractivity contribution in [2.45, 2.75) is 44.1 Å². The summed E-state index contributed by atoms with van der Waals surface area (Å²) < 4.78 is 38.5. The minimum Gasteiger partial charge on any atom is -0.481 e. The third kappa shape index (κ3) is 5.21. The van der Waals surface area contributed by atoms with E-state index < -0.39 is 29.9 Å². The summed E-state index contributed by atoms with van der Waals surface area (Å²) in [6.07, 6.45) is -1.76. The van der Waals surface area contributed by atoms with Crippen LogP contribution >= 0.6 is 0 Å². The molecule has 0 heterocycles. The highest BCUT2D eigenvalue weighted by atomic mass is 19.4. The lowest BCUT2D eigenvalue weighted by Gasteiger charge is -2.31. The SMILES string of the molecule is O=C(O)CCCONC1=C2CC(O)C(C=CC(O)c3cccc(C(F)(F)F)c3)[C@@H]2C1. The van der Waals surface area contributed by atoms with Gasteiger partial charge in [0, 0.05) is 18.0 Å². The lowest BCUT2D eigenvalue weighted by atomic mass is 9.79. The minimum absolute atomic E-state index is 0.0238. The van der Waals surface area contributed by atoms with Crippen molar-refractivity contribution >= 4 is 5.97 Å². The van der Waals surface area contributed by atoms with Crippen LogP contribution in [0.1, 0.15) is 42.9 Å². The van der Waals surface area contributed by atoms with Gasteiger partial charge >= 0.3 is 12.1 Å². The van der Waals surface area contributed by atoms with E-state index in [1.807, 2.05) is 0 Å². The number of fused-ring (bicyclic) bond motifs is 1. The molecule has 3 rings (SSSR count). The minimum atomic E-state index is -4.48. The van der Waals surface area contributed by atoms with Gasteiger partial charge in [0.15, 0.2) is 0 Å². The van der Waals surface area contributed by atoms with E-state index in [-0.39, 0.29) is 30.4 Å². The smallest absolute Gasteiger partial charge is 0.416 e. The number of hydrogen-bond acceptors (Lipinski definition) is 5. The Morgan fingerprint density at radius 2 is 2.10 bits per heavy atom. The van der Waals surface area contributed by atoms with E-state index in [2.05, 4.69) is 5.48 Å². The Hall–Kier alpha value is -2.36. The Kier molecular flexibility index (Phi) is 6.84. The molecule has 4 N–H and O–H groups in total. The maximum atomic E-state index is 12.8. The van der Waals surface area contributed by atoms with Gasteiger partial charge in [-0.15, -0.1) is 0 Å². The number of aliphatic carboxylic acids is 1. The number of halogens is 3. The number of aliphatic hydroxyl groups is 2. The molecule has 1 fully saturated rings. The second kappa shape index (κ2) is 9.20. The third-order valence-electron chi connectivity index (χ3n) is 5.50. The van der Waals surface area contributed by atoms with Crippen molar-refractivity contribution in [2.75, 3.05) is 6.61 Å². The fourth-order valence-corrected chi connectivity index (χ4v) is 3.89. The molecule has 0 bridgehead atoms. The number of alkyl halides is 3. The number of carbonyl (C=O) groups is 1. The average molecular weight is 427 g/mol. The average Bonchev–Trinajstić information content (AvgIpc) is 2.92. The van der Waals surface area contributed by atoms with Gasteiger partial charge in [-0.2, -0.15) is 13.2 Å². The zero-order valence-electron chi connectivity index (χ0n) is 16.1. The molecule has 0 amide bonds. The van der Waals surface area contributed by atoms with E-state index >= 15 is 0 Å². The normalized spacial score (nSPS) is 24.6. The van der Waals surface area contributed by atoms with E-state index in [0.717, 1.165) is 23.4 Å². The number of rotatable bonds is 9. The van der Waals surface area contributed by atoms with Crippen molar-refractivity contribution in [3.63, 3.8) is 0 Å². The first-order chi connectivity index (χ1) is 14.2. The summed E-state index contributed by atoms with van der Waals surface area (Å²) in [6, 6.07) is 4.54. The number of allylic oxidation sites excluding steroid dienone is 1. The number of aliphatic hydroxyl groups excluding tert-OH is 2. The zero-order valence-corrected chi connectivity index (χ0v) is 16.1. The Bertz CT molecular complexity index is 836. The summed E-state index contributed by atoms with van der Waals surface area (Å²) >= 11 is 0. The largest absolute Gasteiger partial charge is 0.481 e. The first-order valence-corrected chi connectivity index (χ1v) is 9.70. The lowest BCUT2D eigenvalue weighted by molar-refractivity contribution is -0.138. The van der Waals surface area contributed by atoms with Crippen LogP contribution in [0, 0.1) is 11.8 Å². The number of benzene rings is 1. The molecule has 0 aliphatic heterocycles. The van der Waals surface area contributed by atoms with Gasteiger partial charge in [0.1, 0.15) is 0 Å². The molecule has 3 unspecified atom stereocenters. The highest BCUT2D eigenvalue weighted by Gasteiger charge is 2.45. The molecule has 0 radical (unpaired) electrons. The maximum Gasteiger partial charge on any atom is 0.416 e.